The highest BCUT2D eigenvalue weighted by Gasteiger charge is 2.37. The Morgan fingerprint density at radius 3 is 2.72 bits per heavy atom. The number of urea groups is 1. The summed E-state index contributed by atoms with van der Waals surface area (Å²) < 4.78 is 29.4. The van der Waals surface area contributed by atoms with Gasteiger partial charge in [0.15, 0.2) is 0 Å². The fourth-order valence-electron chi connectivity index (χ4n) is 3.65. The van der Waals surface area contributed by atoms with E-state index in [4.69, 9.17) is 9.47 Å². The van der Waals surface area contributed by atoms with Gasteiger partial charge in [0.25, 0.3) is 0 Å². The van der Waals surface area contributed by atoms with Crippen molar-refractivity contribution in [1.29, 1.82) is 0 Å². The minimum absolute atomic E-state index is 0.00581. The van der Waals surface area contributed by atoms with Gasteiger partial charge >= 0.3 is 18.0 Å². The number of halogens is 1. The van der Waals surface area contributed by atoms with Gasteiger partial charge in [-0.05, 0) is 18.6 Å². The Bertz CT molecular complexity index is 994. The molecular formula is C21H25FN4O6. The lowest BCUT2D eigenvalue weighted by molar-refractivity contribution is -0.144. The van der Waals surface area contributed by atoms with Crippen LogP contribution in [0, 0.1) is 5.82 Å². The van der Waals surface area contributed by atoms with Crippen LogP contribution >= 0.6 is 0 Å². The molecule has 1 aliphatic heterocycles. The number of hydrogen-bond acceptors (Lipinski definition) is 7. The average molecular weight is 448 g/mol. The van der Waals surface area contributed by atoms with Crippen molar-refractivity contribution in [3.8, 4) is 5.75 Å². The number of ether oxygens (including phenoxy) is 3. The predicted octanol–water partition coefficient (Wildman–Crippen LogP) is 1.71. The molecule has 172 valence electrons. The van der Waals surface area contributed by atoms with E-state index >= 15 is 0 Å². The molecule has 0 spiro atoms. The van der Waals surface area contributed by atoms with Gasteiger partial charge in [-0.25, -0.2) is 19.0 Å². The summed E-state index contributed by atoms with van der Waals surface area (Å²) in [6.07, 6.45) is 1.88. The van der Waals surface area contributed by atoms with Gasteiger partial charge in [0.1, 0.15) is 23.7 Å². The maximum Gasteiger partial charge on any atom is 0.328 e. The maximum atomic E-state index is 15.0. The first-order chi connectivity index (χ1) is 15.4. The van der Waals surface area contributed by atoms with E-state index in [1.54, 1.807) is 6.07 Å². The van der Waals surface area contributed by atoms with Gasteiger partial charge in [-0.3, -0.25) is 4.79 Å². The molecule has 0 aliphatic carbocycles. The van der Waals surface area contributed by atoms with Crippen LogP contribution in [0.25, 0.3) is 0 Å². The second kappa shape index (κ2) is 10.1. The molecule has 0 saturated carbocycles. The smallest absolute Gasteiger partial charge is 0.328 e. The van der Waals surface area contributed by atoms with Gasteiger partial charge < -0.3 is 29.4 Å². The molecule has 0 fully saturated rings. The molecule has 0 saturated heterocycles. The van der Waals surface area contributed by atoms with E-state index < -0.39 is 35.9 Å². The number of rotatable bonds is 7. The molecule has 2 atom stereocenters. The highest BCUT2D eigenvalue weighted by Crippen LogP contribution is 2.35. The Morgan fingerprint density at radius 1 is 1.28 bits per heavy atom. The van der Waals surface area contributed by atoms with E-state index in [0.29, 0.717) is 17.9 Å². The van der Waals surface area contributed by atoms with Crippen molar-refractivity contribution in [1.82, 2.24) is 20.2 Å². The summed E-state index contributed by atoms with van der Waals surface area (Å²) >= 11 is 0. The van der Waals surface area contributed by atoms with Gasteiger partial charge in [0.2, 0.25) is 0 Å². The molecule has 0 radical (unpaired) electrons. The van der Waals surface area contributed by atoms with Gasteiger partial charge in [-0.2, -0.15) is 0 Å². The summed E-state index contributed by atoms with van der Waals surface area (Å²) in [5.41, 5.74) is 1.54. The lowest BCUT2D eigenvalue weighted by Gasteiger charge is -2.36. The van der Waals surface area contributed by atoms with E-state index in [2.05, 4.69) is 20.0 Å². The number of fused-ring (bicyclic) bond motifs is 1. The molecule has 1 aromatic carbocycles. The van der Waals surface area contributed by atoms with E-state index in [1.165, 1.54) is 44.7 Å². The van der Waals surface area contributed by atoms with Crippen LogP contribution in [-0.4, -0.2) is 66.8 Å². The Labute approximate surface area is 184 Å². The Balaban J connectivity index is 1.89. The van der Waals surface area contributed by atoms with Crippen molar-refractivity contribution in [2.75, 3.05) is 27.9 Å². The van der Waals surface area contributed by atoms with Gasteiger partial charge in [-0.1, -0.05) is 0 Å². The number of aromatic nitrogens is 2. The van der Waals surface area contributed by atoms with E-state index in [-0.39, 0.29) is 24.9 Å². The zero-order chi connectivity index (χ0) is 23.3. The monoisotopic (exact) mass is 448 g/mol. The van der Waals surface area contributed by atoms with Crippen molar-refractivity contribution < 1.29 is 33.0 Å². The number of amides is 2. The number of hydrogen-bond donors (Lipinski definition) is 2. The largest absolute Gasteiger partial charge is 0.497 e. The third-order valence-electron chi connectivity index (χ3n) is 5.34. The number of aromatic amines is 1. The summed E-state index contributed by atoms with van der Waals surface area (Å²) in [5, 5.41) is 2.60. The highest BCUT2D eigenvalue weighted by atomic mass is 19.1. The second-order valence-electron chi connectivity index (χ2n) is 7.14. The van der Waals surface area contributed by atoms with E-state index in [9.17, 15) is 18.8 Å². The fourth-order valence-corrected chi connectivity index (χ4v) is 3.65. The Morgan fingerprint density at radius 2 is 2.06 bits per heavy atom. The van der Waals surface area contributed by atoms with Crippen LogP contribution in [0.5, 0.6) is 5.75 Å². The normalized spacial score (nSPS) is 16.0. The molecule has 32 heavy (non-hydrogen) atoms. The molecule has 0 bridgehead atoms. The summed E-state index contributed by atoms with van der Waals surface area (Å²) in [7, 11) is 3.85. The Kier molecular flexibility index (Phi) is 7.29. The molecule has 11 heteroatoms. The number of imidazole rings is 1. The summed E-state index contributed by atoms with van der Waals surface area (Å²) in [5.74, 6) is -1.44. The van der Waals surface area contributed by atoms with Gasteiger partial charge in [0, 0.05) is 36.7 Å². The van der Waals surface area contributed by atoms with Crippen molar-refractivity contribution in [2.45, 2.75) is 31.3 Å². The van der Waals surface area contributed by atoms with E-state index in [1.807, 2.05) is 0 Å². The number of carbonyl (C=O) groups is 3. The molecule has 2 N–H and O–H groups in total. The van der Waals surface area contributed by atoms with Crippen LogP contribution in [0.3, 0.4) is 0 Å². The fraction of sp³-hybridized carbons (Fsp3) is 0.429. The number of nitrogens with zero attached hydrogens (tertiary/aromatic N) is 2. The molecule has 1 aliphatic rings. The third kappa shape index (κ3) is 4.82. The predicted molar refractivity (Wildman–Crippen MR) is 109 cm³/mol. The summed E-state index contributed by atoms with van der Waals surface area (Å²) in [4.78, 5) is 45.6. The van der Waals surface area contributed by atoms with Crippen LogP contribution in [0.4, 0.5) is 9.18 Å². The minimum Gasteiger partial charge on any atom is -0.497 e. The minimum atomic E-state index is -1.08. The summed E-state index contributed by atoms with van der Waals surface area (Å²) in [6, 6.07) is 1.86. The Hall–Kier alpha value is -3.63. The standard InChI is InChI=1S/C21H25FN4O6/c1-30-12-4-5-13(14(22)10-12)19-18-15(23-11-24-18)8-9-26(19)21(29)25-16(20(28)32-3)6-7-17(27)31-2/h4-5,10-11,16,19H,6-9H2,1-3H3,(H,23,24)(H,25,29)/t16-,19-/m1/s1. The number of carbonyl (C=O) groups excluding carboxylic acids is 3. The molecule has 2 aromatic rings. The third-order valence-corrected chi connectivity index (χ3v) is 5.34. The second-order valence-corrected chi connectivity index (χ2v) is 7.14. The quantitative estimate of drug-likeness (QED) is 0.618. The zero-order valence-corrected chi connectivity index (χ0v) is 18.0. The lowest BCUT2D eigenvalue weighted by atomic mass is 9.95. The summed E-state index contributed by atoms with van der Waals surface area (Å²) in [6.45, 7) is 0.252. The number of H-pyrrole nitrogens is 1. The molecular weight excluding hydrogens is 423 g/mol. The molecule has 10 nitrogen and oxygen atoms in total. The van der Waals surface area contributed by atoms with Gasteiger partial charge in [0.05, 0.1) is 33.4 Å². The highest BCUT2D eigenvalue weighted by molar-refractivity contribution is 5.84. The first-order valence-corrected chi connectivity index (χ1v) is 9.97. The first kappa shape index (κ1) is 23.0. The average Bonchev–Trinajstić information content (AvgIpc) is 3.29. The molecule has 2 amide bonds. The van der Waals surface area contributed by atoms with Crippen molar-refractivity contribution in [3.05, 3.63) is 47.3 Å². The molecule has 0 unspecified atom stereocenters. The van der Waals surface area contributed by atoms with Crippen molar-refractivity contribution in [3.63, 3.8) is 0 Å². The van der Waals surface area contributed by atoms with Crippen LogP contribution < -0.4 is 10.1 Å². The molecule has 3 rings (SSSR count). The SMILES string of the molecule is COC(=O)CC[C@@H](NC(=O)N1CCc2[nH]cnc2[C@H]1c1ccc(OC)cc1F)C(=O)OC. The lowest BCUT2D eigenvalue weighted by Crippen LogP contribution is -2.51. The van der Waals surface area contributed by atoms with Crippen LogP contribution in [0.15, 0.2) is 24.5 Å². The molecule has 2 heterocycles. The van der Waals surface area contributed by atoms with Crippen molar-refractivity contribution >= 4 is 18.0 Å². The first-order valence-electron chi connectivity index (χ1n) is 9.97. The van der Waals surface area contributed by atoms with Crippen LogP contribution in [-0.2, 0) is 25.5 Å². The van der Waals surface area contributed by atoms with Crippen LogP contribution in [0.1, 0.15) is 35.8 Å². The number of esters is 2. The zero-order valence-electron chi connectivity index (χ0n) is 18.0. The number of nitrogens with one attached hydrogen (secondary N) is 2. The number of benzene rings is 1. The van der Waals surface area contributed by atoms with Crippen LogP contribution in [0.2, 0.25) is 0 Å². The molecule has 1 aromatic heterocycles. The van der Waals surface area contributed by atoms with Gasteiger partial charge in [-0.15, -0.1) is 0 Å². The maximum absolute atomic E-state index is 15.0. The van der Waals surface area contributed by atoms with Crippen molar-refractivity contribution in [2.24, 2.45) is 0 Å². The van der Waals surface area contributed by atoms with E-state index in [0.717, 1.165) is 5.69 Å². The number of methoxy groups -OCH3 is 3. The topological polar surface area (TPSA) is 123 Å².